The molecule has 1 unspecified atom stereocenters. The molecule has 0 aliphatic heterocycles. The fourth-order valence-corrected chi connectivity index (χ4v) is 2.76. The van der Waals surface area contributed by atoms with E-state index in [0.29, 0.717) is 16.5 Å². The summed E-state index contributed by atoms with van der Waals surface area (Å²) in [6.07, 6.45) is 0.610. The standard InChI is InChI=1S/C16H16Cl2FNO/c1-20-15(12-5-4-11(17)9-13(12)18)8-10-3-6-16(21-2)14(19)7-10/h3-7,9,15,20H,8H2,1-2H3. The van der Waals surface area contributed by atoms with Gasteiger partial charge in [0.25, 0.3) is 0 Å². The van der Waals surface area contributed by atoms with E-state index in [1.807, 2.05) is 19.2 Å². The van der Waals surface area contributed by atoms with Gasteiger partial charge in [-0.15, -0.1) is 0 Å². The van der Waals surface area contributed by atoms with Crippen LogP contribution in [0.3, 0.4) is 0 Å². The van der Waals surface area contributed by atoms with E-state index >= 15 is 0 Å². The Balaban J connectivity index is 2.24. The highest BCUT2D eigenvalue weighted by Crippen LogP contribution is 2.29. The fraction of sp³-hybridized carbons (Fsp3) is 0.250. The van der Waals surface area contributed by atoms with E-state index in [1.165, 1.54) is 13.2 Å². The summed E-state index contributed by atoms with van der Waals surface area (Å²) in [5.41, 5.74) is 1.79. The minimum absolute atomic E-state index is 0.0254. The van der Waals surface area contributed by atoms with Crippen LogP contribution in [0.2, 0.25) is 10.0 Å². The van der Waals surface area contributed by atoms with Gasteiger partial charge in [-0.3, -0.25) is 0 Å². The molecule has 2 rings (SSSR count). The summed E-state index contributed by atoms with van der Waals surface area (Å²) in [5.74, 6) is -0.128. The second kappa shape index (κ2) is 7.12. The number of hydrogen-bond acceptors (Lipinski definition) is 2. The Labute approximate surface area is 133 Å². The van der Waals surface area contributed by atoms with Gasteiger partial charge >= 0.3 is 0 Å². The third kappa shape index (κ3) is 3.88. The van der Waals surface area contributed by atoms with Gasteiger partial charge in [0.15, 0.2) is 11.6 Å². The molecule has 0 aliphatic rings. The zero-order valence-corrected chi connectivity index (χ0v) is 13.3. The van der Waals surface area contributed by atoms with Crippen LogP contribution in [0.1, 0.15) is 17.2 Å². The van der Waals surface area contributed by atoms with Gasteiger partial charge < -0.3 is 10.1 Å². The third-order valence-corrected chi connectivity index (χ3v) is 3.90. The van der Waals surface area contributed by atoms with Gasteiger partial charge in [0.2, 0.25) is 0 Å². The van der Waals surface area contributed by atoms with Crippen molar-refractivity contribution < 1.29 is 9.13 Å². The number of nitrogens with one attached hydrogen (secondary N) is 1. The first kappa shape index (κ1) is 16.1. The summed E-state index contributed by atoms with van der Waals surface area (Å²) in [6.45, 7) is 0. The second-order valence-corrected chi connectivity index (χ2v) is 5.52. The normalized spacial score (nSPS) is 12.2. The molecule has 0 aliphatic carbocycles. The molecule has 0 spiro atoms. The molecule has 1 N–H and O–H groups in total. The molecular weight excluding hydrogens is 312 g/mol. The molecule has 112 valence electrons. The lowest BCUT2D eigenvalue weighted by molar-refractivity contribution is 0.386. The smallest absolute Gasteiger partial charge is 0.165 e. The SMILES string of the molecule is CNC(Cc1ccc(OC)c(F)c1)c1ccc(Cl)cc1Cl. The van der Waals surface area contributed by atoms with Crippen LogP contribution in [0.5, 0.6) is 5.75 Å². The van der Waals surface area contributed by atoms with E-state index < -0.39 is 0 Å². The van der Waals surface area contributed by atoms with Crippen molar-refractivity contribution in [2.75, 3.05) is 14.2 Å². The van der Waals surface area contributed by atoms with Crippen molar-refractivity contribution in [1.82, 2.24) is 5.32 Å². The van der Waals surface area contributed by atoms with Crippen molar-refractivity contribution in [2.24, 2.45) is 0 Å². The van der Waals surface area contributed by atoms with E-state index in [-0.39, 0.29) is 17.6 Å². The summed E-state index contributed by atoms with van der Waals surface area (Å²) in [6, 6.07) is 10.3. The number of rotatable bonds is 5. The topological polar surface area (TPSA) is 21.3 Å². The summed E-state index contributed by atoms with van der Waals surface area (Å²) in [5, 5.41) is 4.38. The van der Waals surface area contributed by atoms with Gasteiger partial charge in [-0.1, -0.05) is 35.3 Å². The van der Waals surface area contributed by atoms with Crippen LogP contribution in [-0.4, -0.2) is 14.2 Å². The first-order chi connectivity index (χ1) is 10.0. The minimum atomic E-state index is -0.368. The van der Waals surface area contributed by atoms with Gasteiger partial charge in [0, 0.05) is 16.1 Å². The Hall–Kier alpha value is -1.29. The Morgan fingerprint density at radius 3 is 2.52 bits per heavy atom. The summed E-state index contributed by atoms with van der Waals surface area (Å²) >= 11 is 12.1. The molecule has 0 bridgehead atoms. The van der Waals surface area contributed by atoms with E-state index in [4.69, 9.17) is 27.9 Å². The van der Waals surface area contributed by atoms with Crippen molar-refractivity contribution in [1.29, 1.82) is 0 Å². The minimum Gasteiger partial charge on any atom is -0.494 e. The zero-order valence-electron chi connectivity index (χ0n) is 11.8. The van der Waals surface area contributed by atoms with Crippen molar-refractivity contribution in [3.63, 3.8) is 0 Å². The lowest BCUT2D eigenvalue weighted by Gasteiger charge is -2.18. The molecule has 0 amide bonds. The van der Waals surface area contributed by atoms with Crippen LogP contribution in [0.4, 0.5) is 4.39 Å². The Morgan fingerprint density at radius 2 is 1.95 bits per heavy atom. The molecule has 2 aromatic carbocycles. The molecule has 21 heavy (non-hydrogen) atoms. The van der Waals surface area contributed by atoms with E-state index in [2.05, 4.69) is 5.32 Å². The summed E-state index contributed by atoms with van der Waals surface area (Å²) in [4.78, 5) is 0. The first-order valence-corrected chi connectivity index (χ1v) is 7.25. The Kier molecular flexibility index (Phi) is 5.45. The number of ether oxygens (including phenoxy) is 1. The van der Waals surface area contributed by atoms with Gasteiger partial charge in [-0.05, 0) is 48.9 Å². The quantitative estimate of drug-likeness (QED) is 0.863. The molecular formula is C16H16Cl2FNO. The summed E-state index contributed by atoms with van der Waals surface area (Å²) in [7, 11) is 3.29. The van der Waals surface area contributed by atoms with Crippen molar-refractivity contribution in [3.05, 3.63) is 63.4 Å². The average molecular weight is 328 g/mol. The van der Waals surface area contributed by atoms with Crippen LogP contribution in [0, 0.1) is 5.82 Å². The maximum atomic E-state index is 13.8. The third-order valence-electron chi connectivity index (χ3n) is 3.34. The van der Waals surface area contributed by atoms with Crippen LogP contribution in [0.25, 0.3) is 0 Å². The largest absolute Gasteiger partial charge is 0.494 e. The molecule has 0 saturated heterocycles. The number of benzene rings is 2. The molecule has 0 heterocycles. The van der Waals surface area contributed by atoms with Crippen molar-refractivity contribution in [2.45, 2.75) is 12.5 Å². The van der Waals surface area contributed by atoms with Crippen LogP contribution in [-0.2, 0) is 6.42 Å². The highest BCUT2D eigenvalue weighted by molar-refractivity contribution is 6.35. The number of methoxy groups -OCH3 is 1. The fourth-order valence-electron chi connectivity index (χ4n) is 2.22. The molecule has 1 atom stereocenters. The lowest BCUT2D eigenvalue weighted by atomic mass is 9.98. The van der Waals surface area contributed by atoms with Gasteiger partial charge in [-0.2, -0.15) is 0 Å². The van der Waals surface area contributed by atoms with E-state index in [9.17, 15) is 4.39 Å². The highest BCUT2D eigenvalue weighted by Gasteiger charge is 2.15. The first-order valence-electron chi connectivity index (χ1n) is 6.49. The average Bonchev–Trinajstić information content (AvgIpc) is 2.45. The molecule has 2 nitrogen and oxygen atoms in total. The maximum Gasteiger partial charge on any atom is 0.165 e. The molecule has 5 heteroatoms. The highest BCUT2D eigenvalue weighted by atomic mass is 35.5. The van der Waals surface area contributed by atoms with Gasteiger partial charge in [0.05, 0.1) is 7.11 Å². The zero-order chi connectivity index (χ0) is 15.4. The van der Waals surface area contributed by atoms with Crippen LogP contribution in [0.15, 0.2) is 36.4 Å². The Morgan fingerprint density at radius 1 is 1.19 bits per heavy atom. The Bertz CT molecular complexity index is 634. The number of likely N-dealkylation sites (N-methyl/N-ethyl adjacent to an activating group) is 1. The van der Waals surface area contributed by atoms with Gasteiger partial charge in [-0.25, -0.2) is 4.39 Å². The molecule has 2 aromatic rings. The molecule has 0 aromatic heterocycles. The monoisotopic (exact) mass is 327 g/mol. The lowest BCUT2D eigenvalue weighted by Crippen LogP contribution is -2.19. The van der Waals surface area contributed by atoms with Gasteiger partial charge in [0.1, 0.15) is 0 Å². The van der Waals surface area contributed by atoms with Crippen LogP contribution >= 0.6 is 23.2 Å². The molecule has 0 fully saturated rings. The predicted molar refractivity (Wildman–Crippen MR) is 84.9 cm³/mol. The summed E-state index contributed by atoms with van der Waals surface area (Å²) < 4.78 is 18.7. The second-order valence-electron chi connectivity index (χ2n) is 4.68. The van der Waals surface area contributed by atoms with E-state index in [1.54, 1.807) is 18.2 Å². The van der Waals surface area contributed by atoms with Crippen molar-refractivity contribution >= 4 is 23.2 Å². The predicted octanol–water partition coefficient (Wildman–Crippen LogP) is 4.64. The van der Waals surface area contributed by atoms with E-state index in [0.717, 1.165) is 11.1 Å². The maximum absolute atomic E-state index is 13.8. The van der Waals surface area contributed by atoms with Crippen LogP contribution < -0.4 is 10.1 Å². The molecule has 0 radical (unpaired) electrons. The molecule has 0 saturated carbocycles. The number of hydrogen-bond donors (Lipinski definition) is 1. The number of halogens is 3. The van der Waals surface area contributed by atoms with Crippen molar-refractivity contribution in [3.8, 4) is 5.75 Å².